The van der Waals surface area contributed by atoms with E-state index in [4.69, 9.17) is 20.4 Å². The second kappa shape index (κ2) is 4.73. The van der Waals surface area contributed by atoms with Gasteiger partial charge in [0.1, 0.15) is 5.75 Å². The van der Waals surface area contributed by atoms with Crippen LogP contribution in [0, 0.1) is 0 Å². The fourth-order valence-corrected chi connectivity index (χ4v) is 2.22. The molecule has 0 bridgehead atoms. The standard InChI is InChI=1S/C13H16B2N2O/c1-17(2)8-13(14,15)11-7-16-12-5-4-9(18-3)6-10(11)12/h4-7,16H,8H2,1-3H3. The van der Waals surface area contributed by atoms with Gasteiger partial charge in [-0.3, -0.25) is 0 Å². The summed E-state index contributed by atoms with van der Waals surface area (Å²) in [7, 11) is 18.0. The molecule has 0 aliphatic rings. The molecule has 2 rings (SSSR count). The monoisotopic (exact) mass is 238 g/mol. The number of aromatic amines is 1. The topological polar surface area (TPSA) is 28.3 Å². The Morgan fingerprint density at radius 3 is 2.67 bits per heavy atom. The number of benzene rings is 1. The second-order valence-electron chi connectivity index (χ2n) is 4.89. The van der Waals surface area contributed by atoms with Crippen molar-refractivity contribution in [1.82, 2.24) is 9.88 Å². The molecule has 0 spiro atoms. The minimum absolute atomic E-state index is 0.567. The average molecular weight is 238 g/mol. The molecule has 4 radical (unpaired) electrons. The fourth-order valence-electron chi connectivity index (χ4n) is 2.22. The Labute approximate surface area is 110 Å². The highest BCUT2D eigenvalue weighted by molar-refractivity contribution is 6.41. The molecule has 0 saturated heterocycles. The smallest absolute Gasteiger partial charge is 0.119 e. The fraction of sp³-hybridized carbons (Fsp3) is 0.385. The highest BCUT2D eigenvalue weighted by Gasteiger charge is 2.23. The van der Waals surface area contributed by atoms with Crippen molar-refractivity contribution in [1.29, 1.82) is 0 Å². The van der Waals surface area contributed by atoms with E-state index in [9.17, 15) is 0 Å². The number of aromatic nitrogens is 1. The zero-order chi connectivity index (χ0) is 13.3. The zero-order valence-electron chi connectivity index (χ0n) is 11.0. The summed E-state index contributed by atoms with van der Waals surface area (Å²) >= 11 is 0. The number of fused-ring (bicyclic) bond motifs is 1. The Balaban J connectivity index is 2.50. The predicted molar refractivity (Wildman–Crippen MR) is 76.6 cm³/mol. The largest absolute Gasteiger partial charge is 0.497 e. The maximum atomic E-state index is 6.22. The van der Waals surface area contributed by atoms with Crippen molar-refractivity contribution in [2.75, 3.05) is 27.7 Å². The van der Waals surface area contributed by atoms with Crippen LogP contribution < -0.4 is 4.74 Å². The normalized spacial score (nSPS) is 12.2. The molecule has 90 valence electrons. The molecule has 0 unspecified atom stereocenters. The summed E-state index contributed by atoms with van der Waals surface area (Å²) in [4.78, 5) is 5.16. The third kappa shape index (κ3) is 2.41. The van der Waals surface area contributed by atoms with E-state index in [2.05, 4.69) is 4.98 Å². The first-order chi connectivity index (χ1) is 8.44. The van der Waals surface area contributed by atoms with Gasteiger partial charge in [-0.2, -0.15) is 0 Å². The first-order valence-corrected chi connectivity index (χ1v) is 5.82. The van der Waals surface area contributed by atoms with E-state index < -0.39 is 5.21 Å². The molecule has 2 aromatic rings. The van der Waals surface area contributed by atoms with Gasteiger partial charge < -0.3 is 14.6 Å². The summed E-state index contributed by atoms with van der Waals surface area (Å²) in [5.74, 6) is 0.795. The SMILES string of the molecule is [B]C([B])(CN(C)C)c1c[nH]c2ccc(OC)cc12. The molecule has 0 saturated carbocycles. The molecule has 1 aromatic heterocycles. The summed E-state index contributed by atoms with van der Waals surface area (Å²) in [6.07, 6.45) is 1.87. The van der Waals surface area contributed by atoms with E-state index in [0.717, 1.165) is 22.2 Å². The van der Waals surface area contributed by atoms with Gasteiger partial charge in [-0.25, -0.2) is 0 Å². The van der Waals surface area contributed by atoms with Crippen molar-refractivity contribution in [2.24, 2.45) is 0 Å². The van der Waals surface area contributed by atoms with Crippen molar-refractivity contribution in [3.05, 3.63) is 30.0 Å². The van der Waals surface area contributed by atoms with Crippen LogP contribution in [0.5, 0.6) is 5.75 Å². The molecular weight excluding hydrogens is 222 g/mol. The summed E-state index contributed by atoms with van der Waals surface area (Å²) in [6.45, 7) is 0.567. The van der Waals surface area contributed by atoms with Gasteiger partial charge in [0.05, 0.1) is 22.8 Å². The van der Waals surface area contributed by atoms with E-state index in [1.807, 2.05) is 43.4 Å². The lowest BCUT2D eigenvalue weighted by atomic mass is 9.51. The summed E-state index contributed by atoms with van der Waals surface area (Å²) in [5, 5.41) is 0.106. The predicted octanol–water partition coefficient (Wildman–Crippen LogP) is 1.23. The molecule has 1 heterocycles. The summed E-state index contributed by atoms with van der Waals surface area (Å²) < 4.78 is 5.23. The Hall–Kier alpha value is -1.35. The van der Waals surface area contributed by atoms with Gasteiger partial charge in [0.15, 0.2) is 0 Å². The molecule has 18 heavy (non-hydrogen) atoms. The number of methoxy groups -OCH3 is 1. The molecule has 0 aliphatic carbocycles. The minimum Gasteiger partial charge on any atom is -0.497 e. The first-order valence-electron chi connectivity index (χ1n) is 5.82. The van der Waals surface area contributed by atoms with E-state index in [1.165, 1.54) is 0 Å². The first kappa shape index (κ1) is 13.1. The molecule has 5 heteroatoms. The number of rotatable bonds is 4. The van der Waals surface area contributed by atoms with Crippen molar-refractivity contribution >= 4 is 26.6 Å². The third-order valence-corrected chi connectivity index (χ3v) is 2.97. The minimum atomic E-state index is -0.895. The van der Waals surface area contributed by atoms with Crippen LogP contribution in [-0.2, 0) is 5.21 Å². The van der Waals surface area contributed by atoms with E-state index in [-0.39, 0.29) is 0 Å². The van der Waals surface area contributed by atoms with Gasteiger partial charge in [0.2, 0.25) is 0 Å². The number of hydrogen-bond donors (Lipinski definition) is 1. The van der Waals surface area contributed by atoms with E-state index >= 15 is 0 Å². The van der Waals surface area contributed by atoms with Crippen LogP contribution in [0.2, 0.25) is 0 Å². The molecule has 0 amide bonds. The molecule has 0 aliphatic heterocycles. The maximum absolute atomic E-state index is 6.22. The van der Waals surface area contributed by atoms with Crippen LogP contribution in [0.3, 0.4) is 0 Å². The number of nitrogens with zero attached hydrogens (tertiary/aromatic N) is 1. The Morgan fingerprint density at radius 2 is 2.06 bits per heavy atom. The van der Waals surface area contributed by atoms with Gasteiger partial charge in [0, 0.05) is 17.1 Å². The molecule has 0 fully saturated rings. The van der Waals surface area contributed by atoms with Gasteiger partial charge >= 0.3 is 0 Å². The lowest BCUT2D eigenvalue weighted by Crippen LogP contribution is -2.38. The summed E-state index contributed by atoms with van der Waals surface area (Å²) in [6, 6.07) is 5.82. The Bertz CT molecular complexity index is 549. The van der Waals surface area contributed by atoms with Gasteiger partial charge in [-0.15, -0.1) is 0 Å². The maximum Gasteiger partial charge on any atom is 0.119 e. The van der Waals surface area contributed by atoms with Gasteiger partial charge in [-0.05, 0) is 44.4 Å². The molecule has 3 nitrogen and oxygen atoms in total. The Kier molecular flexibility index (Phi) is 3.44. The molecule has 1 N–H and O–H groups in total. The highest BCUT2D eigenvalue weighted by Crippen LogP contribution is 2.29. The number of likely N-dealkylation sites (N-methyl/N-ethyl adjacent to an activating group) is 1. The van der Waals surface area contributed by atoms with Crippen LogP contribution in [-0.4, -0.2) is 53.3 Å². The number of hydrogen-bond acceptors (Lipinski definition) is 2. The number of ether oxygens (including phenoxy) is 1. The lowest BCUT2D eigenvalue weighted by molar-refractivity contribution is 0.393. The quantitative estimate of drug-likeness (QED) is 0.811. The highest BCUT2D eigenvalue weighted by atomic mass is 16.5. The molecule has 1 aromatic carbocycles. The van der Waals surface area contributed by atoms with Gasteiger partial charge in [-0.1, -0.05) is 5.21 Å². The number of nitrogens with one attached hydrogen (secondary N) is 1. The second-order valence-corrected chi connectivity index (χ2v) is 4.89. The average Bonchev–Trinajstić information content (AvgIpc) is 2.70. The van der Waals surface area contributed by atoms with Crippen LogP contribution in [0.25, 0.3) is 10.9 Å². The van der Waals surface area contributed by atoms with Crippen molar-refractivity contribution in [3.8, 4) is 5.75 Å². The van der Waals surface area contributed by atoms with Gasteiger partial charge in [0.25, 0.3) is 0 Å². The van der Waals surface area contributed by atoms with Crippen molar-refractivity contribution < 1.29 is 4.74 Å². The van der Waals surface area contributed by atoms with Crippen LogP contribution in [0.15, 0.2) is 24.4 Å². The van der Waals surface area contributed by atoms with E-state index in [0.29, 0.717) is 6.54 Å². The van der Waals surface area contributed by atoms with E-state index in [1.54, 1.807) is 7.11 Å². The number of H-pyrrole nitrogens is 1. The molecular formula is C13H16B2N2O. The van der Waals surface area contributed by atoms with Crippen molar-refractivity contribution in [3.63, 3.8) is 0 Å². The summed E-state index contributed by atoms with van der Waals surface area (Å²) in [5.41, 5.74) is 1.90. The lowest BCUT2D eigenvalue weighted by Gasteiger charge is -2.29. The van der Waals surface area contributed by atoms with Crippen LogP contribution >= 0.6 is 0 Å². The zero-order valence-corrected chi connectivity index (χ0v) is 11.0. The van der Waals surface area contributed by atoms with Crippen molar-refractivity contribution in [2.45, 2.75) is 5.21 Å². The van der Waals surface area contributed by atoms with Crippen LogP contribution in [0.4, 0.5) is 0 Å². The third-order valence-electron chi connectivity index (χ3n) is 2.97. The molecule has 0 atom stereocenters. The Morgan fingerprint density at radius 1 is 1.33 bits per heavy atom. The van der Waals surface area contributed by atoms with Crippen LogP contribution in [0.1, 0.15) is 5.56 Å².